The highest BCUT2D eigenvalue weighted by atomic mass is 32.2. The summed E-state index contributed by atoms with van der Waals surface area (Å²) < 4.78 is 6.21. The van der Waals surface area contributed by atoms with Gasteiger partial charge in [0.15, 0.2) is 0 Å². The monoisotopic (exact) mass is 243 g/mol. The van der Waals surface area contributed by atoms with E-state index in [4.69, 9.17) is 10.5 Å². The first-order chi connectivity index (χ1) is 7.24. The minimum atomic E-state index is -0.269. The summed E-state index contributed by atoms with van der Waals surface area (Å²) in [6, 6.07) is 0. The maximum absolute atomic E-state index is 11.7. The van der Waals surface area contributed by atoms with Crippen LogP contribution in [-0.4, -0.2) is 18.3 Å². The molecule has 0 amide bonds. The van der Waals surface area contributed by atoms with Gasteiger partial charge in [0.2, 0.25) is 0 Å². The summed E-state index contributed by atoms with van der Waals surface area (Å²) in [4.78, 5) is 11.7. The fourth-order valence-corrected chi connectivity index (χ4v) is 4.09. The normalized spacial score (nSPS) is 14.7. The van der Waals surface area contributed by atoms with Crippen LogP contribution >= 0.6 is 23.1 Å². The van der Waals surface area contributed by atoms with Crippen molar-refractivity contribution in [1.82, 2.24) is 0 Å². The van der Waals surface area contributed by atoms with Gasteiger partial charge in [0.25, 0.3) is 0 Å². The summed E-state index contributed by atoms with van der Waals surface area (Å²) in [6.45, 7) is 2.21. The lowest BCUT2D eigenvalue weighted by molar-refractivity contribution is 0.0526. The molecule has 2 heterocycles. The van der Waals surface area contributed by atoms with Gasteiger partial charge in [-0.15, -0.1) is 23.1 Å². The number of carbonyl (C=O) groups is 1. The topological polar surface area (TPSA) is 52.3 Å². The lowest BCUT2D eigenvalue weighted by Crippen LogP contribution is -2.10. The fourth-order valence-electron chi connectivity index (χ4n) is 1.65. The van der Waals surface area contributed by atoms with Crippen LogP contribution in [0.3, 0.4) is 0 Å². The molecule has 2 N–H and O–H groups in total. The molecule has 0 saturated carbocycles. The first-order valence-corrected chi connectivity index (χ1v) is 6.75. The van der Waals surface area contributed by atoms with Crippen LogP contribution in [0, 0.1) is 0 Å². The van der Waals surface area contributed by atoms with E-state index in [9.17, 15) is 4.79 Å². The Kier molecular flexibility index (Phi) is 3.21. The van der Waals surface area contributed by atoms with E-state index in [1.807, 2.05) is 6.92 Å². The second kappa shape index (κ2) is 4.45. The van der Waals surface area contributed by atoms with Crippen LogP contribution in [0.25, 0.3) is 0 Å². The van der Waals surface area contributed by atoms with Crippen molar-refractivity contribution in [3.8, 4) is 0 Å². The zero-order valence-corrected chi connectivity index (χ0v) is 10.2. The van der Waals surface area contributed by atoms with Crippen molar-refractivity contribution in [2.45, 2.75) is 24.0 Å². The van der Waals surface area contributed by atoms with Gasteiger partial charge in [-0.05, 0) is 31.1 Å². The van der Waals surface area contributed by atoms with Crippen molar-refractivity contribution in [3.63, 3.8) is 0 Å². The zero-order valence-electron chi connectivity index (χ0n) is 8.54. The Morgan fingerprint density at radius 3 is 3.13 bits per heavy atom. The number of thiophene rings is 1. The summed E-state index contributed by atoms with van der Waals surface area (Å²) in [6.07, 6.45) is 2.06. The van der Waals surface area contributed by atoms with Crippen LogP contribution in [0.5, 0.6) is 0 Å². The Morgan fingerprint density at radius 2 is 2.40 bits per heavy atom. The van der Waals surface area contributed by atoms with Gasteiger partial charge in [0.05, 0.1) is 16.4 Å². The van der Waals surface area contributed by atoms with E-state index in [-0.39, 0.29) is 5.97 Å². The molecule has 3 nitrogen and oxygen atoms in total. The zero-order chi connectivity index (χ0) is 10.8. The molecule has 0 radical (unpaired) electrons. The van der Waals surface area contributed by atoms with E-state index >= 15 is 0 Å². The van der Waals surface area contributed by atoms with Gasteiger partial charge >= 0.3 is 5.97 Å². The highest BCUT2D eigenvalue weighted by Gasteiger charge is 2.25. The summed E-state index contributed by atoms with van der Waals surface area (Å²) in [5, 5.41) is 0.604. The van der Waals surface area contributed by atoms with Gasteiger partial charge in [-0.2, -0.15) is 0 Å². The van der Waals surface area contributed by atoms with Crippen molar-refractivity contribution < 1.29 is 9.53 Å². The molecule has 0 atom stereocenters. The van der Waals surface area contributed by atoms with E-state index in [1.54, 1.807) is 11.8 Å². The Morgan fingerprint density at radius 1 is 1.60 bits per heavy atom. The number of nitrogens with two attached hydrogens (primary N) is 1. The highest BCUT2D eigenvalue weighted by molar-refractivity contribution is 8.01. The number of rotatable bonds is 2. The standard InChI is InChI=1S/C10H13NO2S2/c1-2-13-9(12)7-6-4-3-5-14-10(6)15-8(7)11/h2-5,11H2,1H3. The molecular formula is C10H13NO2S2. The minimum absolute atomic E-state index is 0.269. The number of thioether (sulfide) groups is 1. The Balaban J connectivity index is 2.37. The smallest absolute Gasteiger partial charge is 0.341 e. The molecule has 0 unspecified atom stereocenters. The average Bonchev–Trinajstić information content (AvgIpc) is 2.54. The van der Waals surface area contributed by atoms with Crippen molar-refractivity contribution in [2.24, 2.45) is 0 Å². The third-order valence-electron chi connectivity index (χ3n) is 2.28. The van der Waals surface area contributed by atoms with Gasteiger partial charge in [-0.3, -0.25) is 0 Å². The molecule has 15 heavy (non-hydrogen) atoms. The number of nitrogen functional groups attached to an aromatic ring is 1. The number of anilines is 1. The minimum Gasteiger partial charge on any atom is -0.462 e. The summed E-state index contributed by atoms with van der Waals surface area (Å²) in [5.41, 5.74) is 7.58. The van der Waals surface area contributed by atoms with Crippen molar-refractivity contribution in [2.75, 3.05) is 18.1 Å². The van der Waals surface area contributed by atoms with E-state index in [1.165, 1.54) is 15.5 Å². The van der Waals surface area contributed by atoms with Gasteiger partial charge in [-0.1, -0.05) is 0 Å². The van der Waals surface area contributed by atoms with Gasteiger partial charge in [0, 0.05) is 0 Å². The molecule has 0 saturated heterocycles. The number of esters is 1. The quantitative estimate of drug-likeness (QED) is 0.811. The summed E-state index contributed by atoms with van der Waals surface area (Å²) in [7, 11) is 0. The van der Waals surface area contributed by atoms with Crippen LogP contribution in [-0.2, 0) is 11.2 Å². The molecule has 0 spiro atoms. The number of carbonyl (C=O) groups excluding carboxylic acids is 1. The van der Waals surface area contributed by atoms with Gasteiger partial charge in [0.1, 0.15) is 5.00 Å². The molecule has 0 fully saturated rings. The van der Waals surface area contributed by atoms with E-state index in [0.29, 0.717) is 17.2 Å². The SMILES string of the molecule is CCOC(=O)c1c(N)sc2c1CCCS2. The van der Waals surface area contributed by atoms with Gasteiger partial charge in [-0.25, -0.2) is 4.79 Å². The molecule has 5 heteroatoms. The summed E-state index contributed by atoms with van der Waals surface area (Å²) in [5.74, 6) is 0.852. The van der Waals surface area contributed by atoms with Crippen LogP contribution < -0.4 is 5.73 Å². The van der Waals surface area contributed by atoms with E-state index in [2.05, 4.69) is 0 Å². The first kappa shape index (κ1) is 10.8. The predicted octanol–water partition coefficient (Wildman–Crippen LogP) is 2.55. The molecule has 2 rings (SSSR count). The van der Waals surface area contributed by atoms with Crippen molar-refractivity contribution >= 4 is 34.1 Å². The molecule has 1 aromatic heterocycles. The molecular weight excluding hydrogens is 230 g/mol. The number of hydrogen-bond donors (Lipinski definition) is 1. The molecule has 0 aromatic carbocycles. The second-order valence-corrected chi connectivity index (χ2v) is 5.70. The Labute approximate surface area is 97.0 Å². The average molecular weight is 243 g/mol. The Bertz CT molecular complexity index is 387. The van der Waals surface area contributed by atoms with Gasteiger partial charge < -0.3 is 10.5 Å². The number of hydrogen-bond acceptors (Lipinski definition) is 5. The molecule has 0 bridgehead atoms. The Hall–Kier alpha value is -0.680. The molecule has 1 aliphatic heterocycles. The van der Waals surface area contributed by atoms with Crippen LogP contribution in [0.15, 0.2) is 4.21 Å². The van der Waals surface area contributed by atoms with E-state index < -0.39 is 0 Å². The lowest BCUT2D eigenvalue weighted by Gasteiger charge is -2.11. The number of fused-ring (bicyclic) bond motifs is 1. The third kappa shape index (κ3) is 1.99. The van der Waals surface area contributed by atoms with Crippen LogP contribution in [0.1, 0.15) is 29.3 Å². The largest absolute Gasteiger partial charge is 0.462 e. The van der Waals surface area contributed by atoms with Crippen molar-refractivity contribution in [3.05, 3.63) is 11.1 Å². The van der Waals surface area contributed by atoms with Crippen LogP contribution in [0.4, 0.5) is 5.00 Å². The van der Waals surface area contributed by atoms with Crippen molar-refractivity contribution in [1.29, 1.82) is 0 Å². The fraction of sp³-hybridized carbons (Fsp3) is 0.500. The maximum atomic E-state index is 11.7. The first-order valence-electron chi connectivity index (χ1n) is 4.95. The predicted molar refractivity (Wildman–Crippen MR) is 63.7 cm³/mol. The van der Waals surface area contributed by atoms with E-state index in [0.717, 1.165) is 24.2 Å². The lowest BCUT2D eigenvalue weighted by atomic mass is 10.1. The molecule has 1 aliphatic rings. The second-order valence-electron chi connectivity index (χ2n) is 3.28. The highest BCUT2D eigenvalue weighted by Crippen LogP contribution is 2.42. The van der Waals surface area contributed by atoms with Crippen LogP contribution in [0.2, 0.25) is 0 Å². The molecule has 82 valence electrons. The number of ether oxygens (including phenoxy) is 1. The molecule has 0 aliphatic carbocycles. The summed E-state index contributed by atoms with van der Waals surface area (Å²) >= 11 is 3.30. The third-order valence-corrected chi connectivity index (χ3v) is 4.74. The maximum Gasteiger partial charge on any atom is 0.341 e. The molecule has 1 aromatic rings.